The first kappa shape index (κ1) is 10.1. The van der Waals surface area contributed by atoms with Crippen molar-refractivity contribution in [3.05, 3.63) is 23.8 Å². The Morgan fingerprint density at radius 2 is 1.80 bits per heavy atom. The molecule has 1 aliphatic heterocycles. The summed E-state index contributed by atoms with van der Waals surface area (Å²) < 4.78 is 48.5. The van der Waals surface area contributed by atoms with Crippen LogP contribution in [0.5, 0.6) is 11.5 Å². The summed E-state index contributed by atoms with van der Waals surface area (Å²) in [6.07, 6.45) is -3.98. The van der Waals surface area contributed by atoms with Crippen LogP contribution in [0.15, 0.2) is 18.2 Å². The Hall–Kier alpha value is -1.39. The third kappa shape index (κ3) is 1.42. The standard InChI is InChI=1S/C10H9F3O2/c1-6-4-3-5-7-8(6)15-10(12,13)9(2,11)14-7/h3-5H,1-2H3. The second kappa shape index (κ2) is 2.81. The predicted molar refractivity (Wildman–Crippen MR) is 46.9 cm³/mol. The number of hydrogen-bond acceptors (Lipinski definition) is 2. The molecule has 0 spiro atoms. The van der Waals surface area contributed by atoms with Gasteiger partial charge in [0.25, 0.3) is 0 Å². The summed E-state index contributed by atoms with van der Waals surface area (Å²) in [6, 6.07) is 4.55. The molecule has 2 rings (SSSR count). The molecular formula is C10H9F3O2. The van der Waals surface area contributed by atoms with E-state index < -0.39 is 12.0 Å². The Kier molecular flexibility index (Phi) is 1.90. The smallest absolute Gasteiger partial charge is 0.446 e. The number of fused-ring (bicyclic) bond motifs is 1. The van der Waals surface area contributed by atoms with Crippen LogP contribution in [0.4, 0.5) is 13.2 Å². The summed E-state index contributed by atoms with van der Waals surface area (Å²) in [4.78, 5) is 0. The quantitative estimate of drug-likeness (QED) is 0.666. The molecule has 1 aromatic carbocycles. The Morgan fingerprint density at radius 3 is 2.47 bits per heavy atom. The van der Waals surface area contributed by atoms with Crippen LogP contribution in [-0.2, 0) is 0 Å². The SMILES string of the molecule is Cc1cccc2c1OC(F)(F)C(C)(F)O2. The molecule has 1 aliphatic rings. The van der Waals surface area contributed by atoms with E-state index in [-0.39, 0.29) is 11.5 Å². The van der Waals surface area contributed by atoms with Gasteiger partial charge in [-0.15, -0.1) is 0 Å². The van der Waals surface area contributed by atoms with Crippen LogP contribution in [0, 0.1) is 6.92 Å². The molecule has 0 saturated carbocycles. The maximum atomic E-state index is 13.4. The van der Waals surface area contributed by atoms with Crippen molar-refractivity contribution in [2.24, 2.45) is 0 Å². The van der Waals surface area contributed by atoms with Gasteiger partial charge in [-0.25, -0.2) is 0 Å². The zero-order chi connectivity index (χ0) is 11.3. The largest absolute Gasteiger partial charge is 0.471 e. The number of alkyl halides is 3. The fraction of sp³-hybridized carbons (Fsp3) is 0.400. The van der Waals surface area contributed by atoms with Crippen molar-refractivity contribution in [3.8, 4) is 11.5 Å². The molecule has 1 aromatic rings. The zero-order valence-corrected chi connectivity index (χ0v) is 8.18. The fourth-order valence-corrected chi connectivity index (χ4v) is 1.32. The summed E-state index contributed by atoms with van der Waals surface area (Å²) in [5, 5.41) is 0. The highest BCUT2D eigenvalue weighted by molar-refractivity contribution is 5.47. The molecule has 0 aromatic heterocycles. The molecule has 0 amide bonds. The van der Waals surface area contributed by atoms with Crippen molar-refractivity contribution in [1.82, 2.24) is 0 Å². The maximum absolute atomic E-state index is 13.4. The van der Waals surface area contributed by atoms with Gasteiger partial charge in [0, 0.05) is 6.92 Å². The first-order valence-corrected chi connectivity index (χ1v) is 4.38. The van der Waals surface area contributed by atoms with Crippen molar-refractivity contribution < 1.29 is 22.6 Å². The summed E-state index contributed by atoms with van der Waals surface area (Å²) >= 11 is 0. The van der Waals surface area contributed by atoms with E-state index in [2.05, 4.69) is 9.47 Å². The van der Waals surface area contributed by atoms with Gasteiger partial charge in [0.15, 0.2) is 11.5 Å². The second-order valence-corrected chi connectivity index (χ2v) is 3.54. The normalized spacial score (nSPS) is 27.5. The number of aryl methyl sites for hydroxylation is 1. The van der Waals surface area contributed by atoms with E-state index in [4.69, 9.17) is 0 Å². The van der Waals surface area contributed by atoms with Gasteiger partial charge in [-0.2, -0.15) is 13.2 Å². The molecule has 0 radical (unpaired) electrons. The third-order valence-electron chi connectivity index (χ3n) is 2.23. The van der Waals surface area contributed by atoms with E-state index in [0.29, 0.717) is 12.5 Å². The molecule has 0 aliphatic carbocycles. The van der Waals surface area contributed by atoms with Gasteiger partial charge in [-0.3, -0.25) is 0 Å². The second-order valence-electron chi connectivity index (χ2n) is 3.54. The first-order valence-electron chi connectivity index (χ1n) is 4.38. The number of ether oxygens (including phenoxy) is 2. The molecule has 5 heteroatoms. The topological polar surface area (TPSA) is 18.5 Å². The van der Waals surface area contributed by atoms with E-state index in [0.717, 1.165) is 0 Å². The summed E-state index contributed by atoms with van der Waals surface area (Å²) in [5.41, 5.74) is 0.475. The minimum atomic E-state index is -3.98. The lowest BCUT2D eigenvalue weighted by atomic mass is 10.2. The molecule has 0 bridgehead atoms. The third-order valence-corrected chi connectivity index (χ3v) is 2.23. The monoisotopic (exact) mass is 218 g/mol. The van der Waals surface area contributed by atoms with Crippen LogP contribution in [0.2, 0.25) is 0 Å². The van der Waals surface area contributed by atoms with Gasteiger partial charge in [-0.05, 0) is 18.6 Å². The molecule has 15 heavy (non-hydrogen) atoms. The lowest BCUT2D eigenvalue weighted by molar-refractivity contribution is -0.332. The van der Waals surface area contributed by atoms with E-state index in [1.807, 2.05) is 0 Å². The van der Waals surface area contributed by atoms with Crippen molar-refractivity contribution in [3.63, 3.8) is 0 Å². The molecule has 1 atom stereocenters. The average Bonchev–Trinajstić information content (AvgIpc) is 2.08. The Morgan fingerprint density at radius 1 is 1.13 bits per heavy atom. The Labute approximate surface area is 84.6 Å². The van der Waals surface area contributed by atoms with Gasteiger partial charge >= 0.3 is 12.0 Å². The first-order chi connectivity index (χ1) is 6.83. The van der Waals surface area contributed by atoms with Crippen LogP contribution in [-0.4, -0.2) is 12.0 Å². The molecule has 2 nitrogen and oxygen atoms in total. The van der Waals surface area contributed by atoms with E-state index >= 15 is 0 Å². The van der Waals surface area contributed by atoms with E-state index in [9.17, 15) is 13.2 Å². The summed E-state index contributed by atoms with van der Waals surface area (Å²) in [7, 11) is 0. The molecule has 1 unspecified atom stereocenters. The Balaban J connectivity index is 2.52. The van der Waals surface area contributed by atoms with Gasteiger partial charge < -0.3 is 9.47 Å². The zero-order valence-electron chi connectivity index (χ0n) is 8.18. The van der Waals surface area contributed by atoms with Crippen LogP contribution < -0.4 is 9.47 Å². The Bertz CT molecular complexity index is 402. The lowest BCUT2D eigenvalue weighted by Crippen LogP contribution is -2.53. The minimum Gasteiger partial charge on any atom is -0.446 e. The van der Waals surface area contributed by atoms with Crippen molar-refractivity contribution in [2.45, 2.75) is 25.8 Å². The van der Waals surface area contributed by atoms with Gasteiger partial charge in [0.1, 0.15) is 0 Å². The van der Waals surface area contributed by atoms with Crippen molar-refractivity contribution in [2.75, 3.05) is 0 Å². The van der Waals surface area contributed by atoms with Gasteiger partial charge in [0.2, 0.25) is 0 Å². The lowest BCUT2D eigenvalue weighted by Gasteiger charge is -2.35. The molecule has 82 valence electrons. The fourth-order valence-electron chi connectivity index (χ4n) is 1.32. The summed E-state index contributed by atoms with van der Waals surface area (Å²) in [5.74, 6) is -3.27. The molecule has 0 N–H and O–H groups in total. The number of benzene rings is 1. The van der Waals surface area contributed by atoms with Crippen LogP contribution >= 0.6 is 0 Å². The van der Waals surface area contributed by atoms with Crippen molar-refractivity contribution in [1.29, 1.82) is 0 Å². The average molecular weight is 218 g/mol. The predicted octanol–water partition coefficient (Wildman–Crippen LogP) is 3.04. The number of halogens is 3. The van der Waals surface area contributed by atoms with Gasteiger partial charge in [0.05, 0.1) is 0 Å². The number of rotatable bonds is 0. The molecule has 0 saturated heterocycles. The number of hydrogen-bond donors (Lipinski definition) is 0. The number of para-hydroxylation sites is 1. The highest BCUT2D eigenvalue weighted by atomic mass is 19.3. The van der Waals surface area contributed by atoms with E-state index in [1.165, 1.54) is 6.07 Å². The van der Waals surface area contributed by atoms with Crippen LogP contribution in [0.1, 0.15) is 12.5 Å². The highest BCUT2D eigenvalue weighted by Gasteiger charge is 2.60. The summed E-state index contributed by atoms with van der Waals surface area (Å²) in [6.45, 7) is 2.22. The molecule has 1 heterocycles. The minimum absolute atomic E-state index is 0.00840. The molecular weight excluding hydrogens is 209 g/mol. The van der Waals surface area contributed by atoms with Crippen LogP contribution in [0.3, 0.4) is 0 Å². The van der Waals surface area contributed by atoms with E-state index in [1.54, 1.807) is 19.1 Å². The molecule has 0 fully saturated rings. The maximum Gasteiger partial charge on any atom is 0.471 e. The highest BCUT2D eigenvalue weighted by Crippen LogP contribution is 2.46. The van der Waals surface area contributed by atoms with Crippen molar-refractivity contribution >= 4 is 0 Å². The van der Waals surface area contributed by atoms with Gasteiger partial charge in [-0.1, -0.05) is 12.1 Å². The van der Waals surface area contributed by atoms with Crippen LogP contribution in [0.25, 0.3) is 0 Å².